The summed E-state index contributed by atoms with van der Waals surface area (Å²) in [5.74, 6) is 0.853. The van der Waals surface area contributed by atoms with Crippen molar-refractivity contribution in [2.24, 2.45) is 0 Å². The van der Waals surface area contributed by atoms with Crippen molar-refractivity contribution in [3.63, 3.8) is 0 Å². The van der Waals surface area contributed by atoms with Crippen LogP contribution in [0.2, 0.25) is 0 Å². The highest BCUT2D eigenvalue weighted by Crippen LogP contribution is 2.29. The number of nitrogens with one attached hydrogen (secondary N) is 1. The molecule has 0 amide bonds. The number of halogens is 1. The third kappa shape index (κ3) is 4.33. The molecule has 2 aromatic rings. The van der Waals surface area contributed by atoms with Gasteiger partial charge in [-0.25, -0.2) is 4.98 Å². The van der Waals surface area contributed by atoms with Crippen molar-refractivity contribution >= 4 is 21.6 Å². The predicted octanol–water partition coefficient (Wildman–Crippen LogP) is 4.97. The van der Waals surface area contributed by atoms with Gasteiger partial charge in [-0.15, -0.1) is 6.58 Å². The van der Waals surface area contributed by atoms with Crippen molar-refractivity contribution in [3.8, 4) is 5.75 Å². The average Bonchev–Trinajstić information content (AvgIpc) is 2.53. The Morgan fingerprint density at radius 3 is 2.71 bits per heavy atom. The molecule has 0 fully saturated rings. The number of rotatable bonds is 7. The number of aromatic nitrogens is 1. The van der Waals surface area contributed by atoms with E-state index < -0.39 is 0 Å². The van der Waals surface area contributed by atoms with E-state index in [0.29, 0.717) is 0 Å². The third-order valence-electron chi connectivity index (χ3n) is 3.25. The highest BCUT2D eigenvalue weighted by atomic mass is 79.9. The summed E-state index contributed by atoms with van der Waals surface area (Å²) >= 11 is 3.53. The molecule has 0 spiro atoms. The van der Waals surface area contributed by atoms with Crippen molar-refractivity contribution < 1.29 is 4.74 Å². The van der Waals surface area contributed by atoms with E-state index >= 15 is 0 Å². The van der Waals surface area contributed by atoms with Gasteiger partial charge in [0, 0.05) is 17.4 Å². The monoisotopic (exact) mass is 346 g/mol. The first-order valence-electron chi connectivity index (χ1n) is 6.86. The number of pyridine rings is 1. The van der Waals surface area contributed by atoms with E-state index in [1.54, 1.807) is 13.3 Å². The number of nitrogens with zero attached hydrogens (tertiary/aromatic N) is 1. The molecule has 0 aliphatic heterocycles. The lowest BCUT2D eigenvalue weighted by molar-refractivity contribution is 0.415. The first-order chi connectivity index (χ1) is 10.2. The molecule has 1 atom stereocenters. The Bertz CT molecular complexity index is 584. The average molecular weight is 347 g/mol. The number of methoxy groups -OCH3 is 1. The van der Waals surface area contributed by atoms with Gasteiger partial charge in [0.15, 0.2) is 0 Å². The molecule has 0 aliphatic carbocycles. The van der Waals surface area contributed by atoms with Crippen molar-refractivity contribution in [1.29, 1.82) is 0 Å². The maximum Gasteiger partial charge on any atom is 0.119 e. The Labute approximate surface area is 134 Å². The zero-order valence-electron chi connectivity index (χ0n) is 12.1. The Balaban J connectivity index is 2.19. The molecule has 1 heterocycles. The molecule has 1 aromatic heterocycles. The van der Waals surface area contributed by atoms with E-state index in [9.17, 15) is 0 Å². The molecule has 0 saturated heterocycles. The van der Waals surface area contributed by atoms with Crippen LogP contribution in [0.25, 0.3) is 0 Å². The highest BCUT2D eigenvalue weighted by molar-refractivity contribution is 9.10. The van der Waals surface area contributed by atoms with Gasteiger partial charge in [0.2, 0.25) is 0 Å². The molecular weight excluding hydrogens is 328 g/mol. The van der Waals surface area contributed by atoms with E-state index in [0.717, 1.165) is 34.4 Å². The molecule has 0 bridgehead atoms. The van der Waals surface area contributed by atoms with Crippen LogP contribution in [0, 0.1) is 0 Å². The summed E-state index contributed by atoms with van der Waals surface area (Å²) in [6.07, 6.45) is 5.62. The van der Waals surface area contributed by atoms with E-state index in [4.69, 9.17) is 4.74 Å². The van der Waals surface area contributed by atoms with E-state index in [1.165, 1.54) is 0 Å². The van der Waals surface area contributed by atoms with Gasteiger partial charge < -0.3 is 10.1 Å². The van der Waals surface area contributed by atoms with Crippen LogP contribution in [0.3, 0.4) is 0 Å². The van der Waals surface area contributed by atoms with Crippen LogP contribution in [0.15, 0.2) is 59.9 Å². The summed E-state index contributed by atoms with van der Waals surface area (Å²) in [6, 6.07) is 12.2. The lowest BCUT2D eigenvalue weighted by Gasteiger charge is -2.21. The number of hydrogen-bond donors (Lipinski definition) is 1. The van der Waals surface area contributed by atoms with Gasteiger partial charge in [0.1, 0.15) is 10.4 Å². The van der Waals surface area contributed by atoms with Crippen molar-refractivity contribution in [2.45, 2.75) is 18.9 Å². The predicted molar refractivity (Wildman–Crippen MR) is 90.7 cm³/mol. The fourth-order valence-electron chi connectivity index (χ4n) is 2.14. The maximum atomic E-state index is 5.18. The standard InChI is InChI=1S/C17H19BrN2O/c1-3-4-7-16(15-6-5-12-19-17(15)18)20-13-8-10-14(21-2)11-9-13/h3,5-6,8-12,16,20H,1,4,7H2,2H3. The molecule has 0 saturated carbocycles. The normalized spacial score (nSPS) is 11.7. The largest absolute Gasteiger partial charge is 0.497 e. The van der Waals surface area contributed by atoms with E-state index in [1.807, 2.05) is 36.4 Å². The topological polar surface area (TPSA) is 34.1 Å². The Morgan fingerprint density at radius 1 is 1.33 bits per heavy atom. The van der Waals surface area contributed by atoms with Crippen LogP contribution >= 0.6 is 15.9 Å². The minimum Gasteiger partial charge on any atom is -0.497 e. The SMILES string of the molecule is C=CCCC(Nc1ccc(OC)cc1)c1cccnc1Br. The molecule has 21 heavy (non-hydrogen) atoms. The molecule has 1 unspecified atom stereocenters. The summed E-state index contributed by atoms with van der Waals surface area (Å²) < 4.78 is 6.06. The molecule has 3 nitrogen and oxygen atoms in total. The smallest absolute Gasteiger partial charge is 0.119 e. The zero-order valence-corrected chi connectivity index (χ0v) is 13.6. The Hall–Kier alpha value is -1.81. The number of benzene rings is 1. The number of hydrogen-bond acceptors (Lipinski definition) is 3. The van der Waals surface area contributed by atoms with Crippen LogP contribution in [0.1, 0.15) is 24.4 Å². The van der Waals surface area contributed by atoms with E-state index in [2.05, 4.69) is 38.9 Å². The minimum absolute atomic E-state index is 0.180. The summed E-state index contributed by atoms with van der Waals surface area (Å²) in [7, 11) is 1.67. The zero-order chi connectivity index (χ0) is 15.1. The van der Waals surface area contributed by atoms with Crippen molar-refractivity contribution in [1.82, 2.24) is 4.98 Å². The van der Waals surface area contributed by atoms with Crippen LogP contribution in [-0.4, -0.2) is 12.1 Å². The van der Waals surface area contributed by atoms with E-state index in [-0.39, 0.29) is 6.04 Å². The van der Waals surface area contributed by atoms with Gasteiger partial charge in [0.05, 0.1) is 13.2 Å². The highest BCUT2D eigenvalue weighted by Gasteiger charge is 2.14. The third-order valence-corrected chi connectivity index (χ3v) is 3.92. The fraction of sp³-hybridized carbons (Fsp3) is 0.235. The molecule has 1 aromatic carbocycles. The first kappa shape index (κ1) is 15.6. The lowest BCUT2D eigenvalue weighted by atomic mass is 10.0. The van der Waals surface area contributed by atoms with Crippen LogP contribution in [0.5, 0.6) is 5.75 Å². The number of allylic oxidation sites excluding steroid dienone is 1. The second-order valence-corrected chi connectivity index (χ2v) is 5.43. The van der Waals surface area contributed by atoms with Crippen molar-refractivity contribution in [3.05, 3.63) is 65.4 Å². The first-order valence-corrected chi connectivity index (χ1v) is 7.65. The Kier molecular flexibility index (Phi) is 5.81. The molecule has 0 radical (unpaired) electrons. The van der Waals surface area contributed by atoms with Gasteiger partial charge in [-0.05, 0) is 59.1 Å². The Morgan fingerprint density at radius 2 is 2.10 bits per heavy atom. The number of anilines is 1. The molecule has 110 valence electrons. The second kappa shape index (κ2) is 7.84. The molecule has 2 rings (SSSR count). The minimum atomic E-state index is 0.180. The van der Waals surface area contributed by atoms with Crippen LogP contribution in [0.4, 0.5) is 5.69 Å². The quantitative estimate of drug-likeness (QED) is 0.567. The lowest BCUT2D eigenvalue weighted by Crippen LogP contribution is -2.11. The second-order valence-electron chi connectivity index (χ2n) is 4.67. The summed E-state index contributed by atoms with van der Waals surface area (Å²) in [6.45, 7) is 3.81. The fourth-order valence-corrected chi connectivity index (χ4v) is 2.66. The molecule has 0 aliphatic rings. The molecular formula is C17H19BrN2O. The summed E-state index contributed by atoms with van der Waals surface area (Å²) in [5, 5.41) is 3.55. The van der Waals surface area contributed by atoms with Gasteiger partial charge in [-0.2, -0.15) is 0 Å². The van der Waals surface area contributed by atoms with Gasteiger partial charge in [0.25, 0.3) is 0 Å². The molecule has 1 N–H and O–H groups in total. The van der Waals surface area contributed by atoms with Gasteiger partial charge >= 0.3 is 0 Å². The summed E-state index contributed by atoms with van der Waals surface area (Å²) in [5.41, 5.74) is 2.20. The number of ether oxygens (including phenoxy) is 1. The van der Waals surface area contributed by atoms with Crippen LogP contribution < -0.4 is 10.1 Å². The van der Waals surface area contributed by atoms with Crippen LogP contribution in [-0.2, 0) is 0 Å². The summed E-state index contributed by atoms with van der Waals surface area (Å²) in [4.78, 5) is 4.31. The van der Waals surface area contributed by atoms with Gasteiger partial charge in [-0.3, -0.25) is 0 Å². The van der Waals surface area contributed by atoms with Crippen molar-refractivity contribution in [2.75, 3.05) is 12.4 Å². The van der Waals surface area contributed by atoms with Gasteiger partial charge in [-0.1, -0.05) is 12.1 Å². The maximum absolute atomic E-state index is 5.18. The molecule has 4 heteroatoms.